The zero-order valence-electron chi connectivity index (χ0n) is 8.29. The van der Waals surface area contributed by atoms with E-state index in [0.29, 0.717) is 6.42 Å². The first-order valence-corrected chi connectivity index (χ1v) is 4.80. The third-order valence-corrected chi connectivity index (χ3v) is 2.26. The molecule has 0 aliphatic carbocycles. The SMILES string of the molecule is CN1CCN(CC#CCCO)CC1. The average molecular weight is 182 g/mol. The molecule has 0 aromatic rings. The van der Waals surface area contributed by atoms with Crippen molar-refractivity contribution in [1.29, 1.82) is 0 Å². The van der Waals surface area contributed by atoms with Crippen molar-refractivity contribution in [1.82, 2.24) is 9.80 Å². The van der Waals surface area contributed by atoms with Gasteiger partial charge in [-0.15, -0.1) is 0 Å². The Morgan fingerprint density at radius 2 is 1.85 bits per heavy atom. The van der Waals surface area contributed by atoms with E-state index in [1.807, 2.05) is 0 Å². The molecule has 0 radical (unpaired) electrons. The molecule has 1 aliphatic rings. The number of aliphatic hydroxyl groups is 1. The van der Waals surface area contributed by atoms with Crippen molar-refractivity contribution in [3.05, 3.63) is 0 Å². The number of piperazine rings is 1. The van der Waals surface area contributed by atoms with Gasteiger partial charge in [0.2, 0.25) is 0 Å². The number of likely N-dealkylation sites (N-methyl/N-ethyl adjacent to an activating group) is 1. The van der Waals surface area contributed by atoms with Crippen LogP contribution in [-0.2, 0) is 0 Å². The molecule has 3 heteroatoms. The minimum Gasteiger partial charge on any atom is -0.395 e. The zero-order chi connectivity index (χ0) is 9.52. The van der Waals surface area contributed by atoms with Crippen LogP contribution in [0, 0.1) is 11.8 Å². The van der Waals surface area contributed by atoms with Crippen LogP contribution in [0.1, 0.15) is 6.42 Å². The van der Waals surface area contributed by atoms with Crippen LogP contribution in [0.5, 0.6) is 0 Å². The van der Waals surface area contributed by atoms with Crippen LogP contribution < -0.4 is 0 Å². The van der Waals surface area contributed by atoms with Crippen molar-refractivity contribution in [2.75, 3.05) is 46.4 Å². The lowest BCUT2D eigenvalue weighted by atomic mass is 10.3. The first kappa shape index (κ1) is 10.5. The van der Waals surface area contributed by atoms with E-state index >= 15 is 0 Å². The summed E-state index contributed by atoms with van der Waals surface area (Å²) in [6.07, 6.45) is 0.605. The largest absolute Gasteiger partial charge is 0.395 e. The quantitative estimate of drug-likeness (QED) is 0.590. The van der Waals surface area contributed by atoms with Gasteiger partial charge in [0.15, 0.2) is 0 Å². The average Bonchev–Trinajstić information content (AvgIpc) is 2.15. The predicted molar refractivity (Wildman–Crippen MR) is 53.4 cm³/mol. The summed E-state index contributed by atoms with van der Waals surface area (Å²) in [7, 11) is 2.15. The second kappa shape index (κ2) is 5.98. The van der Waals surface area contributed by atoms with Crippen LogP contribution in [-0.4, -0.2) is 61.3 Å². The van der Waals surface area contributed by atoms with Gasteiger partial charge in [0.05, 0.1) is 13.2 Å². The molecule has 1 N–H and O–H groups in total. The smallest absolute Gasteiger partial charge is 0.0602 e. The molecule has 1 saturated heterocycles. The van der Waals surface area contributed by atoms with Gasteiger partial charge in [0, 0.05) is 32.6 Å². The molecule has 3 nitrogen and oxygen atoms in total. The molecule has 0 bridgehead atoms. The van der Waals surface area contributed by atoms with E-state index in [4.69, 9.17) is 5.11 Å². The second-order valence-corrected chi connectivity index (χ2v) is 3.41. The maximum Gasteiger partial charge on any atom is 0.0602 e. The third-order valence-electron chi connectivity index (χ3n) is 2.26. The molecule has 1 rings (SSSR count). The van der Waals surface area contributed by atoms with Crippen molar-refractivity contribution in [2.24, 2.45) is 0 Å². The van der Waals surface area contributed by atoms with Crippen molar-refractivity contribution < 1.29 is 5.11 Å². The standard InChI is InChI=1S/C10H18N2O/c1-11-6-8-12(9-7-11)5-3-2-4-10-13/h13H,4-10H2,1H3. The Kier molecular flexibility index (Phi) is 4.84. The Labute approximate surface area is 80.3 Å². The summed E-state index contributed by atoms with van der Waals surface area (Å²) in [6, 6.07) is 0. The summed E-state index contributed by atoms with van der Waals surface area (Å²) >= 11 is 0. The van der Waals surface area contributed by atoms with Crippen molar-refractivity contribution >= 4 is 0 Å². The molecule has 0 saturated carbocycles. The van der Waals surface area contributed by atoms with Gasteiger partial charge in [0.25, 0.3) is 0 Å². The van der Waals surface area contributed by atoms with Crippen molar-refractivity contribution in [3.63, 3.8) is 0 Å². The summed E-state index contributed by atoms with van der Waals surface area (Å²) in [6.45, 7) is 5.54. The molecule has 74 valence electrons. The van der Waals surface area contributed by atoms with Crippen molar-refractivity contribution in [3.8, 4) is 11.8 Å². The molecule has 0 aromatic carbocycles. The van der Waals surface area contributed by atoms with Crippen LogP contribution in [0.15, 0.2) is 0 Å². The van der Waals surface area contributed by atoms with E-state index in [1.165, 1.54) is 0 Å². The van der Waals surface area contributed by atoms with Gasteiger partial charge >= 0.3 is 0 Å². The molecule has 0 amide bonds. The Bertz CT molecular complexity index is 187. The normalized spacial score (nSPS) is 19.5. The van der Waals surface area contributed by atoms with E-state index in [0.717, 1.165) is 32.7 Å². The minimum atomic E-state index is 0.176. The molecule has 1 fully saturated rings. The Morgan fingerprint density at radius 1 is 1.15 bits per heavy atom. The van der Waals surface area contributed by atoms with Gasteiger partial charge in [-0.3, -0.25) is 4.90 Å². The van der Waals surface area contributed by atoms with Gasteiger partial charge in [-0.2, -0.15) is 0 Å². The highest BCUT2D eigenvalue weighted by atomic mass is 16.2. The van der Waals surface area contributed by atoms with Gasteiger partial charge in [-0.25, -0.2) is 0 Å². The summed E-state index contributed by atoms with van der Waals surface area (Å²) in [5, 5.41) is 8.52. The highest BCUT2D eigenvalue weighted by molar-refractivity contribution is 5.01. The summed E-state index contributed by atoms with van der Waals surface area (Å²) in [5.41, 5.74) is 0. The maximum atomic E-state index is 8.52. The van der Waals surface area contributed by atoms with Crippen LogP contribution >= 0.6 is 0 Å². The number of rotatable bonds is 2. The first-order chi connectivity index (χ1) is 6.33. The Morgan fingerprint density at radius 3 is 2.46 bits per heavy atom. The molecular weight excluding hydrogens is 164 g/mol. The van der Waals surface area contributed by atoms with Gasteiger partial charge < -0.3 is 10.0 Å². The highest BCUT2D eigenvalue weighted by Crippen LogP contribution is 1.97. The molecule has 0 unspecified atom stereocenters. The molecule has 0 atom stereocenters. The number of hydrogen-bond acceptors (Lipinski definition) is 3. The van der Waals surface area contributed by atoms with E-state index < -0.39 is 0 Å². The number of hydrogen-bond donors (Lipinski definition) is 1. The number of aliphatic hydroxyl groups excluding tert-OH is 1. The minimum absolute atomic E-state index is 0.176. The number of nitrogens with zero attached hydrogens (tertiary/aromatic N) is 2. The van der Waals surface area contributed by atoms with Crippen LogP contribution in [0.4, 0.5) is 0 Å². The molecule has 1 heterocycles. The van der Waals surface area contributed by atoms with Crippen LogP contribution in [0.25, 0.3) is 0 Å². The van der Waals surface area contributed by atoms with Gasteiger partial charge in [0.1, 0.15) is 0 Å². The topological polar surface area (TPSA) is 26.7 Å². The molecule has 13 heavy (non-hydrogen) atoms. The summed E-state index contributed by atoms with van der Waals surface area (Å²) in [5.74, 6) is 6.01. The zero-order valence-corrected chi connectivity index (χ0v) is 8.29. The third kappa shape index (κ3) is 4.28. The fraction of sp³-hybridized carbons (Fsp3) is 0.800. The lowest BCUT2D eigenvalue weighted by Crippen LogP contribution is -2.44. The molecule has 0 aromatic heterocycles. The molecule has 0 spiro atoms. The van der Waals surface area contributed by atoms with Crippen molar-refractivity contribution in [2.45, 2.75) is 6.42 Å². The molecular formula is C10H18N2O. The lowest BCUT2D eigenvalue weighted by Gasteiger charge is -2.30. The van der Waals surface area contributed by atoms with Gasteiger partial charge in [-0.1, -0.05) is 11.8 Å². The summed E-state index contributed by atoms with van der Waals surface area (Å²) in [4.78, 5) is 4.68. The second-order valence-electron chi connectivity index (χ2n) is 3.41. The lowest BCUT2D eigenvalue weighted by molar-refractivity contribution is 0.168. The predicted octanol–water partition coefficient (Wildman–Crippen LogP) is -0.380. The van der Waals surface area contributed by atoms with E-state index in [9.17, 15) is 0 Å². The maximum absolute atomic E-state index is 8.52. The fourth-order valence-corrected chi connectivity index (χ4v) is 1.32. The van der Waals surface area contributed by atoms with E-state index in [1.54, 1.807) is 0 Å². The Hall–Kier alpha value is -0.560. The van der Waals surface area contributed by atoms with E-state index in [-0.39, 0.29) is 6.61 Å². The summed E-state index contributed by atoms with van der Waals surface area (Å²) < 4.78 is 0. The van der Waals surface area contributed by atoms with Crippen LogP contribution in [0.2, 0.25) is 0 Å². The van der Waals surface area contributed by atoms with Gasteiger partial charge in [-0.05, 0) is 7.05 Å². The molecule has 1 aliphatic heterocycles. The Balaban J connectivity index is 2.13. The highest BCUT2D eigenvalue weighted by Gasteiger charge is 2.11. The van der Waals surface area contributed by atoms with E-state index in [2.05, 4.69) is 28.7 Å². The fourth-order valence-electron chi connectivity index (χ4n) is 1.32. The first-order valence-electron chi connectivity index (χ1n) is 4.80. The van der Waals surface area contributed by atoms with Crippen LogP contribution in [0.3, 0.4) is 0 Å². The monoisotopic (exact) mass is 182 g/mol.